The number of nitrogens with one attached hydrogen (secondary N) is 3. The van der Waals surface area contributed by atoms with Gasteiger partial charge in [0.1, 0.15) is 4.21 Å². The highest BCUT2D eigenvalue weighted by atomic mass is 32.2. The Morgan fingerprint density at radius 2 is 2.14 bits per heavy atom. The van der Waals surface area contributed by atoms with Gasteiger partial charge in [-0.2, -0.15) is 0 Å². The molecule has 1 aliphatic carbocycles. The van der Waals surface area contributed by atoms with Gasteiger partial charge >= 0.3 is 0 Å². The summed E-state index contributed by atoms with van der Waals surface area (Å²) in [7, 11) is -1.68. The zero-order chi connectivity index (χ0) is 15.1. The van der Waals surface area contributed by atoms with Crippen molar-refractivity contribution in [1.29, 1.82) is 0 Å². The normalized spacial score (nSPS) is 16.3. The van der Waals surface area contributed by atoms with E-state index in [9.17, 15) is 8.42 Å². The van der Waals surface area contributed by atoms with E-state index >= 15 is 0 Å². The number of guanidine groups is 1. The SMILES string of the molecule is CN=C(NCCNS(=O)(=O)c1cccs1)NC1CC=CC1. The third-order valence-corrected chi connectivity index (χ3v) is 5.90. The van der Waals surface area contributed by atoms with E-state index in [0.717, 1.165) is 12.8 Å². The molecule has 0 saturated heterocycles. The van der Waals surface area contributed by atoms with Gasteiger partial charge in [-0.15, -0.1) is 11.3 Å². The molecular weight excluding hydrogens is 308 g/mol. The molecule has 0 fully saturated rings. The first-order valence-electron chi connectivity index (χ1n) is 6.77. The van der Waals surface area contributed by atoms with Crippen LogP contribution in [-0.2, 0) is 10.0 Å². The van der Waals surface area contributed by atoms with E-state index in [1.807, 2.05) is 0 Å². The average Bonchev–Trinajstić information content (AvgIpc) is 3.14. The number of aliphatic imine (C=N–C) groups is 1. The number of sulfonamides is 1. The van der Waals surface area contributed by atoms with Crippen LogP contribution in [0.15, 0.2) is 38.9 Å². The summed E-state index contributed by atoms with van der Waals surface area (Å²) in [4.78, 5) is 4.13. The molecule has 3 N–H and O–H groups in total. The van der Waals surface area contributed by atoms with E-state index in [-0.39, 0.29) is 0 Å². The molecular formula is C13H20N4O2S2. The number of nitrogens with zero attached hydrogens (tertiary/aromatic N) is 1. The number of hydrogen-bond donors (Lipinski definition) is 3. The van der Waals surface area contributed by atoms with Gasteiger partial charge in [-0.3, -0.25) is 4.99 Å². The largest absolute Gasteiger partial charge is 0.355 e. The Hall–Kier alpha value is -1.38. The van der Waals surface area contributed by atoms with Gasteiger partial charge in [0.05, 0.1) is 0 Å². The third kappa shape index (κ3) is 4.83. The van der Waals surface area contributed by atoms with E-state index in [4.69, 9.17) is 0 Å². The predicted molar refractivity (Wildman–Crippen MR) is 86.2 cm³/mol. The number of rotatable bonds is 6. The monoisotopic (exact) mass is 328 g/mol. The fourth-order valence-electron chi connectivity index (χ4n) is 1.98. The molecule has 1 heterocycles. The van der Waals surface area contributed by atoms with Crippen molar-refractivity contribution in [2.45, 2.75) is 23.1 Å². The maximum absolute atomic E-state index is 11.9. The molecule has 1 aromatic heterocycles. The highest BCUT2D eigenvalue weighted by molar-refractivity contribution is 7.91. The van der Waals surface area contributed by atoms with Gasteiger partial charge in [0.2, 0.25) is 10.0 Å². The Kier molecular flexibility index (Phi) is 5.77. The van der Waals surface area contributed by atoms with Crippen LogP contribution in [0.25, 0.3) is 0 Å². The molecule has 0 atom stereocenters. The summed E-state index contributed by atoms with van der Waals surface area (Å²) < 4.78 is 26.7. The van der Waals surface area contributed by atoms with Crippen molar-refractivity contribution in [3.63, 3.8) is 0 Å². The summed E-state index contributed by atoms with van der Waals surface area (Å²) in [5.41, 5.74) is 0. The standard InChI is InChI=1S/C13H20N4O2S2/c1-14-13(17-11-5-2-3-6-11)15-8-9-16-21(18,19)12-7-4-10-20-12/h2-4,7,10-11,16H,5-6,8-9H2,1H3,(H2,14,15,17). The number of hydrogen-bond acceptors (Lipinski definition) is 4. The predicted octanol–water partition coefficient (Wildman–Crippen LogP) is 0.910. The van der Waals surface area contributed by atoms with Crippen LogP contribution in [0.4, 0.5) is 0 Å². The van der Waals surface area contributed by atoms with Crippen molar-refractivity contribution in [2.75, 3.05) is 20.1 Å². The van der Waals surface area contributed by atoms with E-state index in [2.05, 4.69) is 32.5 Å². The van der Waals surface area contributed by atoms with Crippen molar-refractivity contribution in [1.82, 2.24) is 15.4 Å². The Morgan fingerprint density at radius 1 is 1.38 bits per heavy atom. The smallest absolute Gasteiger partial charge is 0.250 e. The summed E-state index contributed by atoms with van der Waals surface area (Å²) in [5.74, 6) is 0.694. The molecule has 0 spiro atoms. The highest BCUT2D eigenvalue weighted by Gasteiger charge is 2.14. The third-order valence-electron chi connectivity index (χ3n) is 3.04. The quantitative estimate of drug-likeness (QED) is 0.314. The molecule has 8 heteroatoms. The second-order valence-corrected chi connectivity index (χ2v) is 7.55. The highest BCUT2D eigenvalue weighted by Crippen LogP contribution is 2.14. The van der Waals surface area contributed by atoms with Crippen LogP contribution in [0, 0.1) is 0 Å². The Balaban J connectivity index is 1.71. The lowest BCUT2D eigenvalue weighted by molar-refractivity contribution is 0.581. The van der Waals surface area contributed by atoms with Crippen LogP contribution >= 0.6 is 11.3 Å². The Bertz CT molecular complexity index is 586. The van der Waals surface area contributed by atoms with Gasteiger partial charge < -0.3 is 10.6 Å². The molecule has 2 rings (SSSR count). The van der Waals surface area contributed by atoms with Gasteiger partial charge in [-0.25, -0.2) is 13.1 Å². The van der Waals surface area contributed by atoms with Gasteiger partial charge in [0, 0.05) is 26.2 Å². The molecule has 6 nitrogen and oxygen atoms in total. The van der Waals surface area contributed by atoms with E-state index in [1.54, 1.807) is 24.6 Å². The molecule has 116 valence electrons. The van der Waals surface area contributed by atoms with Crippen LogP contribution in [0.1, 0.15) is 12.8 Å². The lowest BCUT2D eigenvalue weighted by atomic mass is 10.2. The summed E-state index contributed by atoms with van der Waals surface area (Å²) in [6, 6.07) is 3.69. The minimum atomic E-state index is -3.39. The first kappa shape index (κ1) is 16.0. The molecule has 0 aromatic carbocycles. The minimum Gasteiger partial charge on any atom is -0.355 e. The summed E-state index contributed by atoms with van der Waals surface area (Å²) in [6.45, 7) is 0.786. The molecule has 0 saturated carbocycles. The van der Waals surface area contributed by atoms with E-state index in [0.29, 0.717) is 29.3 Å². The molecule has 21 heavy (non-hydrogen) atoms. The zero-order valence-corrected chi connectivity index (χ0v) is 13.5. The topological polar surface area (TPSA) is 82.6 Å². The average molecular weight is 328 g/mol. The lowest BCUT2D eigenvalue weighted by Gasteiger charge is -2.16. The molecule has 1 aromatic rings. The van der Waals surface area contributed by atoms with Crippen molar-refractivity contribution in [2.24, 2.45) is 4.99 Å². The summed E-state index contributed by atoms with van der Waals surface area (Å²) in [5, 5.41) is 8.14. The fraction of sp³-hybridized carbons (Fsp3) is 0.462. The van der Waals surface area contributed by atoms with E-state index < -0.39 is 10.0 Å². The van der Waals surface area contributed by atoms with Crippen LogP contribution in [0.2, 0.25) is 0 Å². The van der Waals surface area contributed by atoms with Gasteiger partial charge in [-0.05, 0) is 24.3 Å². The van der Waals surface area contributed by atoms with Crippen molar-refractivity contribution in [3.8, 4) is 0 Å². The van der Waals surface area contributed by atoms with Gasteiger partial charge in [0.25, 0.3) is 0 Å². The van der Waals surface area contributed by atoms with Gasteiger partial charge in [0.15, 0.2) is 5.96 Å². The first-order valence-corrected chi connectivity index (χ1v) is 9.13. The van der Waals surface area contributed by atoms with Crippen LogP contribution in [0.3, 0.4) is 0 Å². The maximum Gasteiger partial charge on any atom is 0.250 e. The maximum atomic E-state index is 11.9. The fourth-order valence-corrected chi connectivity index (χ4v) is 4.05. The van der Waals surface area contributed by atoms with Gasteiger partial charge in [-0.1, -0.05) is 18.2 Å². The van der Waals surface area contributed by atoms with Crippen molar-refractivity contribution >= 4 is 27.3 Å². The van der Waals surface area contributed by atoms with Crippen LogP contribution in [-0.4, -0.2) is 40.6 Å². The lowest BCUT2D eigenvalue weighted by Crippen LogP contribution is -2.44. The van der Waals surface area contributed by atoms with E-state index in [1.165, 1.54) is 11.3 Å². The number of thiophene rings is 1. The summed E-state index contributed by atoms with van der Waals surface area (Å²) >= 11 is 1.21. The summed E-state index contributed by atoms with van der Waals surface area (Å²) in [6.07, 6.45) is 6.26. The Morgan fingerprint density at radius 3 is 2.76 bits per heavy atom. The zero-order valence-electron chi connectivity index (χ0n) is 11.9. The molecule has 0 unspecified atom stereocenters. The molecule has 1 aliphatic rings. The first-order chi connectivity index (χ1) is 10.1. The van der Waals surface area contributed by atoms with Crippen molar-refractivity contribution in [3.05, 3.63) is 29.7 Å². The molecule has 0 radical (unpaired) electrons. The second-order valence-electron chi connectivity index (χ2n) is 4.61. The van der Waals surface area contributed by atoms with Crippen LogP contribution < -0.4 is 15.4 Å². The van der Waals surface area contributed by atoms with Crippen LogP contribution in [0.5, 0.6) is 0 Å². The van der Waals surface area contributed by atoms with Crippen molar-refractivity contribution < 1.29 is 8.42 Å². The molecule has 0 bridgehead atoms. The molecule has 0 amide bonds. The second kappa shape index (κ2) is 7.58. The molecule has 0 aliphatic heterocycles. The minimum absolute atomic E-state index is 0.309. The Labute approximate surface area is 129 Å².